The van der Waals surface area contributed by atoms with E-state index in [1.54, 1.807) is 0 Å². The monoisotopic (exact) mass is 311 g/mol. The van der Waals surface area contributed by atoms with Gasteiger partial charge < -0.3 is 10.2 Å². The molecule has 0 atom stereocenters. The van der Waals surface area contributed by atoms with Crippen LogP contribution in [0.1, 0.15) is 24.8 Å². The highest BCUT2D eigenvalue weighted by molar-refractivity contribution is 9.10. The molecule has 1 aliphatic heterocycles. The summed E-state index contributed by atoms with van der Waals surface area (Å²) in [5.74, 6) is 1.85. The number of pyridine rings is 1. The molecular weight excluding hydrogens is 290 g/mol. The maximum absolute atomic E-state index is 4.37. The van der Waals surface area contributed by atoms with Crippen molar-refractivity contribution in [3.05, 3.63) is 22.3 Å². The van der Waals surface area contributed by atoms with Gasteiger partial charge in [0.15, 0.2) is 0 Å². The van der Waals surface area contributed by atoms with E-state index in [0.29, 0.717) is 0 Å². The van der Waals surface area contributed by atoms with E-state index in [-0.39, 0.29) is 0 Å². The molecule has 100 valence electrons. The number of hydrogen-bond acceptors (Lipinski definition) is 3. The van der Waals surface area contributed by atoms with Gasteiger partial charge in [-0.25, -0.2) is 4.98 Å². The zero-order valence-corrected chi connectivity index (χ0v) is 12.8. The van der Waals surface area contributed by atoms with Crippen LogP contribution in [0.3, 0.4) is 0 Å². The smallest absolute Gasteiger partial charge is 0.140 e. The van der Waals surface area contributed by atoms with Crippen LogP contribution in [0.15, 0.2) is 16.7 Å². The lowest BCUT2D eigenvalue weighted by molar-refractivity contribution is 0.215. The minimum atomic E-state index is 0.872. The zero-order valence-electron chi connectivity index (χ0n) is 11.2. The van der Waals surface area contributed by atoms with E-state index in [2.05, 4.69) is 45.1 Å². The SMILES string of the molecule is Cc1ccnc(NCCC2CCN(C)CC2)c1Br. The van der Waals surface area contributed by atoms with Crippen molar-refractivity contribution in [1.29, 1.82) is 0 Å². The summed E-state index contributed by atoms with van der Waals surface area (Å²) in [4.78, 5) is 6.79. The number of halogens is 1. The van der Waals surface area contributed by atoms with Gasteiger partial charge >= 0.3 is 0 Å². The Kier molecular flexibility index (Phi) is 5.01. The average molecular weight is 312 g/mol. The molecule has 1 fully saturated rings. The fourth-order valence-electron chi connectivity index (χ4n) is 2.41. The quantitative estimate of drug-likeness (QED) is 0.924. The lowest BCUT2D eigenvalue weighted by Crippen LogP contribution is -2.30. The molecule has 0 radical (unpaired) electrons. The summed E-state index contributed by atoms with van der Waals surface area (Å²) in [5.41, 5.74) is 1.23. The predicted octanol–water partition coefficient (Wildman–Crippen LogP) is 3.30. The molecule has 3 nitrogen and oxygen atoms in total. The Labute approximate surface area is 118 Å². The lowest BCUT2D eigenvalue weighted by atomic mass is 9.94. The average Bonchev–Trinajstić information content (AvgIpc) is 2.37. The highest BCUT2D eigenvalue weighted by atomic mass is 79.9. The molecule has 1 aromatic heterocycles. The maximum atomic E-state index is 4.37. The Morgan fingerprint density at radius 1 is 1.44 bits per heavy atom. The second kappa shape index (κ2) is 6.53. The molecule has 0 spiro atoms. The molecule has 2 heterocycles. The van der Waals surface area contributed by atoms with Crippen molar-refractivity contribution in [2.75, 3.05) is 32.0 Å². The van der Waals surface area contributed by atoms with Crippen LogP contribution in [0.4, 0.5) is 5.82 Å². The molecule has 2 rings (SSSR count). The van der Waals surface area contributed by atoms with E-state index in [4.69, 9.17) is 0 Å². The van der Waals surface area contributed by atoms with E-state index in [1.165, 1.54) is 37.9 Å². The summed E-state index contributed by atoms with van der Waals surface area (Å²) in [7, 11) is 2.21. The number of hydrogen-bond donors (Lipinski definition) is 1. The fourth-order valence-corrected chi connectivity index (χ4v) is 2.78. The number of nitrogens with one attached hydrogen (secondary N) is 1. The van der Waals surface area contributed by atoms with Gasteiger partial charge in [-0.15, -0.1) is 0 Å². The molecule has 18 heavy (non-hydrogen) atoms. The number of piperidine rings is 1. The van der Waals surface area contributed by atoms with Crippen molar-refractivity contribution in [3.63, 3.8) is 0 Å². The summed E-state index contributed by atoms with van der Waals surface area (Å²) in [6.45, 7) is 5.60. The van der Waals surface area contributed by atoms with Gasteiger partial charge in [0.2, 0.25) is 0 Å². The molecule has 1 aromatic rings. The summed E-state index contributed by atoms with van der Waals surface area (Å²) in [6, 6.07) is 2.02. The molecule has 0 unspecified atom stereocenters. The standard InChI is InChI=1S/C14H22BrN3/c1-11-3-7-16-14(13(11)15)17-8-4-12-5-9-18(2)10-6-12/h3,7,12H,4-6,8-10H2,1-2H3,(H,16,17). The van der Waals surface area contributed by atoms with E-state index < -0.39 is 0 Å². The van der Waals surface area contributed by atoms with Crippen molar-refractivity contribution in [1.82, 2.24) is 9.88 Å². The fraction of sp³-hybridized carbons (Fsp3) is 0.643. The second-order valence-electron chi connectivity index (χ2n) is 5.25. The minimum Gasteiger partial charge on any atom is -0.369 e. The molecule has 0 bridgehead atoms. The van der Waals surface area contributed by atoms with Crippen LogP contribution in [0.2, 0.25) is 0 Å². The first-order valence-corrected chi connectivity index (χ1v) is 7.49. The van der Waals surface area contributed by atoms with Gasteiger partial charge in [-0.2, -0.15) is 0 Å². The normalized spacial score (nSPS) is 17.9. The van der Waals surface area contributed by atoms with Crippen LogP contribution in [-0.4, -0.2) is 36.6 Å². The Morgan fingerprint density at radius 2 is 2.17 bits per heavy atom. The molecule has 0 aromatic carbocycles. The molecule has 1 saturated heterocycles. The third-order valence-electron chi connectivity index (χ3n) is 3.77. The van der Waals surface area contributed by atoms with Gasteiger partial charge in [0, 0.05) is 12.7 Å². The van der Waals surface area contributed by atoms with E-state index in [9.17, 15) is 0 Å². The number of aromatic nitrogens is 1. The first-order valence-electron chi connectivity index (χ1n) is 6.70. The van der Waals surface area contributed by atoms with Crippen LogP contribution in [0.5, 0.6) is 0 Å². The number of aryl methyl sites for hydroxylation is 1. The number of likely N-dealkylation sites (tertiary alicyclic amines) is 1. The highest BCUT2D eigenvalue weighted by Crippen LogP contribution is 2.24. The van der Waals surface area contributed by atoms with Crippen molar-refractivity contribution in [2.24, 2.45) is 5.92 Å². The summed E-state index contributed by atoms with van der Waals surface area (Å²) < 4.78 is 1.09. The number of nitrogens with zero attached hydrogens (tertiary/aromatic N) is 2. The summed E-state index contributed by atoms with van der Waals surface area (Å²) in [6.07, 6.45) is 5.77. The summed E-state index contributed by atoms with van der Waals surface area (Å²) >= 11 is 3.58. The van der Waals surface area contributed by atoms with Crippen molar-refractivity contribution >= 4 is 21.7 Å². The molecule has 4 heteroatoms. The van der Waals surface area contributed by atoms with Gasteiger partial charge in [0.05, 0.1) is 4.47 Å². The third kappa shape index (κ3) is 3.69. The first kappa shape index (κ1) is 13.8. The minimum absolute atomic E-state index is 0.872. The second-order valence-corrected chi connectivity index (χ2v) is 6.05. The highest BCUT2D eigenvalue weighted by Gasteiger charge is 2.16. The van der Waals surface area contributed by atoms with Gasteiger partial charge in [-0.05, 0) is 79.8 Å². The van der Waals surface area contributed by atoms with Crippen LogP contribution < -0.4 is 5.32 Å². The molecule has 1 aliphatic rings. The maximum Gasteiger partial charge on any atom is 0.140 e. The summed E-state index contributed by atoms with van der Waals surface area (Å²) in [5, 5.41) is 3.44. The van der Waals surface area contributed by atoms with Gasteiger partial charge in [-0.1, -0.05) is 0 Å². The van der Waals surface area contributed by atoms with Gasteiger partial charge in [0.25, 0.3) is 0 Å². The Bertz CT molecular complexity index is 387. The van der Waals surface area contributed by atoms with Crippen LogP contribution >= 0.6 is 15.9 Å². The predicted molar refractivity (Wildman–Crippen MR) is 80.0 cm³/mol. The van der Waals surface area contributed by atoms with E-state index >= 15 is 0 Å². The van der Waals surface area contributed by atoms with Gasteiger partial charge in [0.1, 0.15) is 5.82 Å². The lowest BCUT2D eigenvalue weighted by Gasteiger charge is -2.28. The van der Waals surface area contributed by atoms with Crippen molar-refractivity contribution < 1.29 is 0 Å². The Hall–Kier alpha value is -0.610. The molecule has 0 amide bonds. The van der Waals surface area contributed by atoms with E-state index in [0.717, 1.165) is 22.8 Å². The van der Waals surface area contributed by atoms with Crippen LogP contribution in [-0.2, 0) is 0 Å². The zero-order chi connectivity index (χ0) is 13.0. The number of rotatable bonds is 4. The van der Waals surface area contributed by atoms with Crippen LogP contribution in [0.25, 0.3) is 0 Å². The Morgan fingerprint density at radius 3 is 2.89 bits per heavy atom. The molecular formula is C14H22BrN3. The third-order valence-corrected chi connectivity index (χ3v) is 4.77. The molecule has 0 aliphatic carbocycles. The van der Waals surface area contributed by atoms with Gasteiger partial charge in [-0.3, -0.25) is 0 Å². The molecule has 0 saturated carbocycles. The first-order chi connectivity index (χ1) is 8.66. The molecule has 1 N–H and O–H groups in total. The largest absolute Gasteiger partial charge is 0.369 e. The Balaban J connectivity index is 1.77. The van der Waals surface area contributed by atoms with Crippen LogP contribution in [0, 0.1) is 12.8 Å². The number of anilines is 1. The topological polar surface area (TPSA) is 28.2 Å². The van der Waals surface area contributed by atoms with Crippen molar-refractivity contribution in [2.45, 2.75) is 26.2 Å². The van der Waals surface area contributed by atoms with Crippen molar-refractivity contribution in [3.8, 4) is 0 Å². The van der Waals surface area contributed by atoms with E-state index in [1.807, 2.05) is 12.3 Å².